The van der Waals surface area contributed by atoms with Crippen LogP contribution in [-0.4, -0.2) is 23.5 Å². The molecular weight excluding hydrogens is 386 g/mol. The van der Waals surface area contributed by atoms with Crippen LogP contribution in [-0.2, 0) is 11.3 Å². The molecule has 0 fully saturated rings. The predicted molar refractivity (Wildman–Crippen MR) is 94.7 cm³/mol. The van der Waals surface area contributed by atoms with Crippen molar-refractivity contribution in [1.29, 1.82) is 0 Å². The predicted octanol–water partition coefficient (Wildman–Crippen LogP) is 4.98. The number of amides is 1. The van der Waals surface area contributed by atoms with Gasteiger partial charge in [-0.05, 0) is 59.4 Å². The average molecular weight is 403 g/mol. The fourth-order valence-electron chi connectivity index (χ4n) is 2.00. The van der Waals surface area contributed by atoms with Crippen LogP contribution < -0.4 is 4.74 Å². The van der Waals surface area contributed by atoms with E-state index in [2.05, 4.69) is 15.9 Å². The van der Waals surface area contributed by atoms with Crippen molar-refractivity contribution < 1.29 is 9.53 Å². The Labute approximate surface area is 148 Å². The fraction of sp³-hybridized carbons (Fsp3) is 0.312. The molecule has 118 valence electrons. The van der Waals surface area contributed by atoms with Gasteiger partial charge in [0.25, 0.3) is 5.91 Å². The molecule has 22 heavy (non-hydrogen) atoms. The van der Waals surface area contributed by atoms with Crippen LogP contribution in [0.25, 0.3) is 0 Å². The molecule has 0 bridgehead atoms. The Bertz CT molecular complexity index is 633. The number of likely N-dealkylation sites (N-methyl/N-ethyl adjacent to an activating group) is 1. The molecule has 1 amide bonds. The van der Waals surface area contributed by atoms with Crippen LogP contribution in [0, 0.1) is 0 Å². The molecule has 0 aliphatic rings. The van der Waals surface area contributed by atoms with E-state index in [0.717, 1.165) is 9.35 Å². The SMILES string of the molecule is CCN(Cc1cccs1)C(=O)C(C)Oc1ccc(Cl)cc1Br. The largest absolute Gasteiger partial charge is 0.480 e. The van der Waals surface area contributed by atoms with Crippen molar-refractivity contribution in [3.05, 3.63) is 50.1 Å². The second-order valence-electron chi connectivity index (χ2n) is 4.77. The average Bonchev–Trinajstić information content (AvgIpc) is 3.00. The summed E-state index contributed by atoms with van der Waals surface area (Å²) in [6.45, 7) is 4.99. The molecule has 0 saturated heterocycles. The van der Waals surface area contributed by atoms with E-state index >= 15 is 0 Å². The molecule has 0 spiro atoms. The second-order valence-corrected chi connectivity index (χ2v) is 7.09. The molecule has 1 atom stereocenters. The summed E-state index contributed by atoms with van der Waals surface area (Å²) in [5, 5.41) is 2.63. The first-order chi connectivity index (χ1) is 10.5. The topological polar surface area (TPSA) is 29.5 Å². The van der Waals surface area contributed by atoms with Crippen LogP contribution in [0.15, 0.2) is 40.2 Å². The summed E-state index contributed by atoms with van der Waals surface area (Å²) in [7, 11) is 0. The first-order valence-electron chi connectivity index (χ1n) is 6.94. The van der Waals surface area contributed by atoms with Gasteiger partial charge in [0.05, 0.1) is 11.0 Å². The maximum absolute atomic E-state index is 12.5. The number of hydrogen-bond donors (Lipinski definition) is 0. The number of rotatable bonds is 6. The summed E-state index contributed by atoms with van der Waals surface area (Å²) in [6.07, 6.45) is -0.558. The summed E-state index contributed by atoms with van der Waals surface area (Å²) in [5.74, 6) is 0.579. The maximum Gasteiger partial charge on any atom is 0.263 e. The lowest BCUT2D eigenvalue weighted by molar-refractivity contribution is -0.138. The van der Waals surface area contributed by atoms with Gasteiger partial charge in [0.1, 0.15) is 5.75 Å². The van der Waals surface area contributed by atoms with Crippen LogP contribution in [0.5, 0.6) is 5.75 Å². The Morgan fingerprint density at radius 2 is 2.23 bits per heavy atom. The zero-order valence-electron chi connectivity index (χ0n) is 12.4. The molecule has 2 aromatic rings. The number of benzene rings is 1. The summed E-state index contributed by atoms with van der Waals surface area (Å²) < 4.78 is 6.51. The van der Waals surface area contributed by atoms with Gasteiger partial charge in [0.2, 0.25) is 0 Å². The molecule has 0 aliphatic carbocycles. The number of nitrogens with zero attached hydrogens (tertiary/aromatic N) is 1. The highest BCUT2D eigenvalue weighted by atomic mass is 79.9. The van der Waals surface area contributed by atoms with Gasteiger partial charge >= 0.3 is 0 Å². The van der Waals surface area contributed by atoms with Crippen LogP contribution in [0.3, 0.4) is 0 Å². The number of hydrogen-bond acceptors (Lipinski definition) is 3. The normalized spacial score (nSPS) is 12.0. The van der Waals surface area contributed by atoms with Crippen molar-refractivity contribution in [1.82, 2.24) is 4.90 Å². The van der Waals surface area contributed by atoms with Gasteiger partial charge in [-0.15, -0.1) is 11.3 Å². The minimum atomic E-state index is -0.558. The van der Waals surface area contributed by atoms with Gasteiger partial charge in [-0.1, -0.05) is 17.7 Å². The first kappa shape index (κ1) is 17.3. The molecule has 1 unspecified atom stereocenters. The van der Waals surface area contributed by atoms with Gasteiger partial charge in [-0.2, -0.15) is 0 Å². The Kier molecular flexibility index (Phi) is 6.29. The van der Waals surface area contributed by atoms with E-state index in [1.165, 1.54) is 0 Å². The molecule has 3 nitrogen and oxygen atoms in total. The van der Waals surface area contributed by atoms with Crippen molar-refractivity contribution >= 4 is 44.8 Å². The highest BCUT2D eigenvalue weighted by Gasteiger charge is 2.22. The molecule has 0 N–H and O–H groups in total. The second kappa shape index (κ2) is 7.99. The lowest BCUT2D eigenvalue weighted by Crippen LogP contribution is -2.39. The third-order valence-electron chi connectivity index (χ3n) is 3.17. The molecular formula is C16H17BrClNO2S. The zero-order chi connectivity index (χ0) is 16.1. The van der Waals surface area contributed by atoms with Gasteiger partial charge < -0.3 is 9.64 Å². The minimum absolute atomic E-state index is 0.0299. The van der Waals surface area contributed by atoms with E-state index in [0.29, 0.717) is 23.9 Å². The lowest BCUT2D eigenvalue weighted by Gasteiger charge is -2.24. The molecule has 1 heterocycles. The van der Waals surface area contributed by atoms with Crippen molar-refractivity contribution in [3.8, 4) is 5.75 Å². The Morgan fingerprint density at radius 3 is 2.82 bits per heavy atom. The monoisotopic (exact) mass is 401 g/mol. The molecule has 1 aromatic carbocycles. The summed E-state index contributed by atoms with van der Waals surface area (Å²) in [4.78, 5) is 15.5. The summed E-state index contributed by atoms with van der Waals surface area (Å²) >= 11 is 11.0. The van der Waals surface area contributed by atoms with Crippen LogP contribution >= 0.6 is 38.9 Å². The quantitative estimate of drug-likeness (QED) is 0.682. The van der Waals surface area contributed by atoms with E-state index in [4.69, 9.17) is 16.3 Å². The highest BCUT2D eigenvalue weighted by molar-refractivity contribution is 9.10. The number of ether oxygens (including phenoxy) is 1. The standard InChI is InChI=1S/C16H17BrClNO2S/c1-3-19(10-13-5-4-8-22-13)16(20)11(2)21-15-7-6-12(18)9-14(15)17/h4-9,11H,3,10H2,1-2H3. The van der Waals surface area contributed by atoms with Crippen molar-refractivity contribution in [2.45, 2.75) is 26.5 Å². The van der Waals surface area contributed by atoms with Gasteiger partial charge in [-0.3, -0.25) is 4.79 Å². The fourth-order valence-corrected chi connectivity index (χ4v) is 3.50. The molecule has 6 heteroatoms. The third kappa shape index (κ3) is 4.48. The number of carbonyl (C=O) groups excluding carboxylic acids is 1. The molecule has 0 aliphatic heterocycles. The summed E-state index contributed by atoms with van der Waals surface area (Å²) in [6, 6.07) is 9.26. The molecule has 2 rings (SSSR count). The van der Waals surface area contributed by atoms with Crippen LogP contribution in [0.1, 0.15) is 18.7 Å². The van der Waals surface area contributed by atoms with Crippen LogP contribution in [0.2, 0.25) is 5.02 Å². The number of carbonyl (C=O) groups is 1. The van der Waals surface area contributed by atoms with Crippen molar-refractivity contribution in [2.24, 2.45) is 0 Å². The van der Waals surface area contributed by atoms with Gasteiger partial charge in [0.15, 0.2) is 6.10 Å². The number of thiophene rings is 1. The van der Waals surface area contributed by atoms with Crippen molar-refractivity contribution in [3.63, 3.8) is 0 Å². The smallest absolute Gasteiger partial charge is 0.263 e. The number of halogens is 2. The Balaban J connectivity index is 2.03. The summed E-state index contributed by atoms with van der Waals surface area (Å²) in [5.41, 5.74) is 0. The molecule has 0 radical (unpaired) electrons. The van der Waals surface area contributed by atoms with E-state index in [9.17, 15) is 4.79 Å². The molecule has 1 aromatic heterocycles. The minimum Gasteiger partial charge on any atom is -0.480 e. The molecule has 0 saturated carbocycles. The Hall–Kier alpha value is -1.04. The lowest BCUT2D eigenvalue weighted by atomic mass is 10.3. The van der Waals surface area contributed by atoms with Gasteiger partial charge in [-0.25, -0.2) is 0 Å². The zero-order valence-corrected chi connectivity index (χ0v) is 15.5. The maximum atomic E-state index is 12.5. The van der Waals surface area contributed by atoms with Crippen molar-refractivity contribution in [2.75, 3.05) is 6.54 Å². The Morgan fingerprint density at radius 1 is 1.45 bits per heavy atom. The first-order valence-corrected chi connectivity index (χ1v) is 8.99. The third-order valence-corrected chi connectivity index (χ3v) is 4.88. The highest BCUT2D eigenvalue weighted by Crippen LogP contribution is 2.29. The van der Waals surface area contributed by atoms with Crippen LogP contribution in [0.4, 0.5) is 0 Å². The van der Waals surface area contributed by atoms with E-state index in [1.54, 1.807) is 41.4 Å². The van der Waals surface area contributed by atoms with Gasteiger partial charge in [0, 0.05) is 16.4 Å². The van der Waals surface area contributed by atoms with E-state index in [1.807, 2.05) is 24.4 Å². The van der Waals surface area contributed by atoms with E-state index < -0.39 is 6.10 Å². The van der Waals surface area contributed by atoms with E-state index in [-0.39, 0.29) is 5.91 Å².